The molecule has 1 aliphatic rings. The molecule has 0 saturated carbocycles. The lowest BCUT2D eigenvalue weighted by Gasteiger charge is -2.28. The van der Waals surface area contributed by atoms with Crippen LogP contribution in [0.5, 0.6) is 0 Å². The van der Waals surface area contributed by atoms with E-state index in [1.807, 2.05) is 0 Å². The summed E-state index contributed by atoms with van der Waals surface area (Å²) >= 11 is 0. The first-order chi connectivity index (χ1) is 26.5. The summed E-state index contributed by atoms with van der Waals surface area (Å²) in [6.45, 7) is 4.79. The highest BCUT2D eigenvalue weighted by Gasteiger charge is 2.38. The second-order valence-electron chi connectivity index (χ2n) is 14.9. The molecule has 0 aromatic heterocycles. The quantitative estimate of drug-likeness (QED) is 0.168. The Kier molecular flexibility index (Phi) is 7.56. The summed E-state index contributed by atoms with van der Waals surface area (Å²) in [6.07, 6.45) is 0. The minimum Gasteiger partial charge on any atom is -0.310 e. The molecule has 10 rings (SSSR count). The third kappa shape index (κ3) is 5.24. The summed E-state index contributed by atoms with van der Waals surface area (Å²) < 4.78 is 0. The molecule has 256 valence electrons. The zero-order valence-electron chi connectivity index (χ0n) is 30.5. The van der Waals surface area contributed by atoms with Crippen molar-refractivity contribution in [2.24, 2.45) is 0 Å². The average Bonchev–Trinajstić information content (AvgIpc) is 3.46. The van der Waals surface area contributed by atoms with Crippen LogP contribution >= 0.6 is 0 Å². The van der Waals surface area contributed by atoms with Gasteiger partial charge in [-0.2, -0.15) is 0 Å². The molecular formula is C53H39N. The van der Waals surface area contributed by atoms with Gasteiger partial charge in [-0.3, -0.25) is 0 Å². The van der Waals surface area contributed by atoms with Crippen LogP contribution in [0.4, 0.5) is 17.1 Å². The Morgan fingerprint density at radius 1 is 0.333 bits per heavy atom. The molecule has 0 fully saturated rings. The van der Waals surface area contributed by atoms with E-state index in [2.05, 4.69) is 219 Å². The molecule has 9 aromatic rings. The molecular weight excluding hydrogens is 651 g/mol. The lowest BCUT2D eigenvalue weighted by Crippen LogP contribution is -2.16. The van der Waals surface area contributed by atoms with Gasteiger partial charge in [-0.05, 0) is 120 Å². The van der Waals surface area contributed by atoms with Gasteiger partial charge < -0.3 is 4.90 Å². The van der Waals surface area contributed by atoms with Gasteiger partial charge in [0.25, 0.3) is 0 Å². The van der Waals surface area contributed by atoms with Crippen LogP contribution in [0.25, 0.3) is 66.1 Å². The monoisotopic (exact) mass is 689 g/mol. The van der Waals surface area contributed by atoms with Gasteiger partial charge in [0.05, 0.1) is 0 Å². The minimum absolute atomic E-state index is 0.206. The van der Waals surface area contributed by atoms with E-state index in [9.17, 15) is 0 Å². The highest BCUT2D eigenvalue weighted by Crippen LogP contribution is 2.55. The molecule has 0 amide bonds. The van der Waals surface area contributed by atoms with E-state index >= 15 is 0 Å². The molecule has 0 bridgehead atoms. The predicted octanol–water partition coefficient (Wildman–Crippen LogP) is 14.8. The van der Waals surface area contributed by atoms with Gasteiger partial charge in [0.2, 0.25) is 0 Å². The maximum absolute atomic E-state index is 2.49. The molecule has 1 heteroatoms. The van der Waals surface area contributed by atoms with Crippen molar-refractivity contribution in [2.75, 3.05) is 4.90 Å². The van der Waals surface area contributed by atoms with Crippen LogP contribution in [-0.2, 0) is 5.41 Å². The lowest BCUT2D eigenvalue weighted by atomic mass is 9.80. The van der Waals surface area contributed by atoms with Crippen LogP contribution in [0, 0.1) is 0 Å². The molecule has 0 unspecified atom stereocenters. The van der Waals surface area contributed by atoms with E-state index in [0.29, 0.717) is 0 Å². The maximum Gasteiger partial charge on any atom is 0.0465 e. The number of hydrogen-bond acceptors (Lipinski definition) is 1. The summed E-state index contributed by atoms with van der Waals surface area (Å²) in [6, 6.07) is 73.2. The SMILES string of the molecule is CC1(C)c2cc(N(c3ccccc3)c3ccc(-c4ccc(-c5ccccc5)cc4)cc3)ccc2-c2c1cc(-c1cccc3ccccc13)c1ccccc21. The molecule has 9 aromatic carbocycles. The fourth-order valence-corrected chi connectivity index (χ4v) is 8.71. The van der Waals surface area contributed by atoms with Gasteiger partial charge >= 0.3 is 0 Å². The Morgan fingerprint density at radius 2 is 0.852 bits per heavy atom. The van der Waals surface area contributed by atoms with Gasteiger partial charge in [0.15, 0.2) is 0 Å². The van der Waals surface area contributed by atoms with Crippen LogP contribution in [0.3, 0.4) is 0 Å². The topological polar surface area (TPSA) is 3.24 Å². The van der Waals surface area contributed by atoms with Gasteiger partial charge in [-0.15, -0.1) is 0 Å². The van der Waals surface area contributed by atoms with Crippen LogP contribution in [0.2, 0.25) is 0 Å². The molecule has 0 radical (unpaired) electrons. The second kappa shape index (κ2) is 12.8. The van der Waals surface area contributed by atoms with Gasteiger partial charge in [-0.1, -0.05) is 172 Å². The summed E-state index contributed by atoms with van der Waals surface area (Å²) in [4.78, 5) is 2.39. The highest BCUT2D eigenvalue weighted by atomic mass is 15.1. The number of hydrogen-bond donors (Lipinski definition) is 0. The molecule has 0 spiro atoms. The molecule has 54 heavy (non-hydrogen) atoms. The number of fused-ring (bicyclic) bond motifs is 6. The summed E-state index contributed by atoms with van der Waals surface area (Å²) in [7, 11) is 0. The first-order valence-electron chi connectivity index (χ1n) is 18.8. The first-order valence-corrected chi connectivity index (χ1v) is 18.8. The number of para-hydroxylation sites is 1. The molecule has 1 nitrogen and oxygen atoms in total. The van der Waals surface area contributed by atoms with Crippen LogP contribution in [0.15, 0.2) is 200 Å². The van der Waals surface area contributed by atoms with Crippen molar-refractivity contribution in [1.82, 2.24) is 0 Å². The Morgan fingerprint density at radius 3 is 1.56 bits per heavy atom. The summed E-state index contributed by atoms with van der Waals surface area (Å²) in [5, 5.41) is 5.15. The standard InChI is InChI=1S/C53H39N/c1-53(2)50-34-43(32-33-48(50)52-47-22-12-11-21-46(47)49(35-51(52)53)45-23-13-17-40-16-9-10-20-44(40)45)54(41-18-7-4-8-19-41)42-30-28-39(29-31-42)38-26-24-37(25-27-38)36-14-5-3-6-15-36/h3-35H,1-2H3. The summed E-state index contributed by atoms with van der Waals surface area (Å²) in [5.74, 6) is 0. The number of benzene rings is 9. The molecule has 0 heterocycles. The smallest absolute Gasteiger partial charge is 0.0465 e. The Labute approximate surface area is 317 Å². The molecule has 0 saturated heterocycles. The molecule has 1 aliphatic carbocycles. The zero-order chi connectivity index (χ0) is 36.2. The summed E-state index contributed by atoms with van der Waals surface area (Å²) in [5.41, 5.74) is 16.1. The van der Waals surface area contributed by atoms with Crippen LogP contribution in [0.1, 0.15) is 25.0 Å². The second-order valence-corrected chi connectivity index (χ2v) is 14.9. The van der Waals surface area contributed by atoms with Crippen LogP contribution < -0.4 is 4.90 Å². The van der Waals surface area contributed by atoms with E-state index in [0.717, 1.165) is 17.1 Å². The Hall–Kier alpha value is -6.70. The normalized spacial score (nSPS) is 12.8. The molecule has 0 atom stereocenters. The van der Waals surface area contributed by atoms with Crippen molar-refractivity contribution in [3.8, 4) is 44.5 Å². The van der Waals surface area contributed by atoms with Gasteiger partial charge in [0, 0.05) is 22.5 Å². The van der Waals surface area contributed by atoms with E-state index in [1.54, 1.807) is 0 Å². The molecule has 0 aliphatic heterocycles. The van der Waals surface area contributed by atoms with Gasteiger partial charge in [-0.25, -0.2) is 0 Å². The third-order valence-electron chi connectivity index (χ3n) is 11.5. The average molecular weight is 690 g/mol. The largest absolute Gasteiger partial charge is 0.310 e. The first kappa shape index (κ1) is 32.0. The van der Waals surface area contributed by atoms with Crippen molar-refractivity contribution in [3.63, 3.8) is 0 Å². The number of rotatable bonds is 6. The number of nitrogens with zero attached hydrogens (tertiary/aromatic N) is 1. The van der Waals surface area contributed by atoms with E-state index in [-0.39, 0.29) is 5.41 Å². The fraction of sp³-hybridized carbons (Fsp3) is 0.0566. The highest BCUT2D eigenvalue weighted by molar-refractivity contribution is 6.12. The van der Waals surface area contributed by atoms with Crippen molar-refractivity contribution in [1.29, 1.82) is 0 Å². The number of anilines is 3. The van der Waals surface area contributed by atoms with Crippen molar-refractivity contribution in [3.05, 3.63) is 211 Å². The van der Waals surface area contributed by atoms with E-state index in [1.165, 1.54) is 77.2 Å². The predicted molar refractivity (Wildman–Crippen MR) is 230 cm³/mol. The van der Waals surface area contributed by atoms with Gasteiger partial charge in [0.1, 0.15) is 0 Å². The third-order valence-corrected chi connectivity index (χ3v) is 11.5. The zero-order valence-corrected chi connectivity index (χ0v) is 30.5. The van der Waals surface area contributed by atoms with Crippen LogP contribution in [-0.4, -0.2) is 0 Å². The Bertz CT molecular complexity index is 2810. The van der Waals surface area contributed by atoms with Crippen molar-refractivity contribution in [2.45, 2.75) is 19.3 Å². The minimum atomic E-state index is -0.206. The molecule has 0 N–H and O–H groups in total. The lowest BCUT2D eigenvalue weighted by molar-refractivity contribution is 0.661. The maximum atomic E-state index is 2.49. The van der Waals surface area contributed by atoms with E-state index < -0.39 is 0 Å². The van der Waals surface area contributed by atoms with Crippen molar-refractivity contribution >= 4 is 38.6 Å². The van der Waals surface area contributed by atoms with Crippen molar-refractivity contribution < 1.29 is 0 Å². The Balaban J connectivity index is 1.07. The van der Waals surface area contributed by atoms with E-state index in [4.69, 9.17) is 0 Å². The fourth-order valence-electron chi connectivity index (χ4n) is 8.71.